The minimum absolute atomic E-state index is 0.158. The topological polar surface area (TPSA) is 73.6 Å². The van der Waals surface area contributed by atoms with E-state index >= 15 is 0 Å². The second-order valence-corrected chi connectivity index (χ2v) is 13.6. The molecule has 37 heavy (non-hydrogen) atoms. The molecule has 4 aliphatic carbocycles. The van der Waals surface area contributed by atoms with Gasteiger partial charge in [-0.25, -0.2) is 4.98 Å². The van der Waals surface area contributed by atoms with E-state index in [0.717, 1.165) is 41.8 Å². The van der Waals surface area contributed by atoms with E-state index < -0.39 is 18.3 Å². The lowest BCUT2D eigenvalue weighted by Crippen LogP contribution is -2.35. The van der Waals surface area contributed by atoms with Gasteiger partial charge >= 0.3 is 0 Å². The van der Waals surface area contributed by atoms with Crippen LogP contribution in [-0.4, -0.2) is 38.6 Å². The Bertz CT molecular complexity index is 1100. The molecule has 0 aliphatic heterocycles. The van der Waals surface area contributed by atoms with Gasteiger partial charge in [0.15, 0.2) is 0 Å². The van der Waals surface area contributed by atoms with Gasteiger partial charge in [0, 0.05) is 17.5 Å². The first-order valence-corrected chi connectivity index (χ1v) is 15.3. The first kappa shape index (κ1) is 27.1. The summed E-state index contributed by atoms with van der Waals surface area (Å²) in [5, 5.41) is 32.6. The number of hydrogen-bond donors (Lipinski definition) is 3. The summed E-state index contributed by atoms with van der Waals surface area (Å²) >= 11 is 1.77. The van der Waals surface area contributed by atoms with Crippen LogP contribution >= 0.6 is 11.3 Å². The van der Waals surface area contributed by atoms with Crippen LogP contribution in [0.2, 0.25) is 0 Å². The predicted octanol–water partition coefficient (Wildman–Crippen LogP) is 6.43. The van der Waals surface area contributed by atoms with Crippen LogP contribution in [0.3, 0.4) is 0 Å². The quantitative estimate of drug-likeness (QED) is 0.360. The predicted molar refractivity (Wildman–Crippen MR) is 151 cm³/mol. The van der Waals surface area contributed by atoms with Crippen molar-refractivity contribution in [3.63, 3.8) is 0 Å². The first-order valence-electron chi connectivity index (χ1n) is 14.4. The van der Waals surface area contributed by atoms with Crippen molar-refractivity contribution in [2.75, 3.05) is 0 Å². The molecular weight excluding hydrogens is 478 g/mol. The van der Waals surface area contributed by atoms with Gasteiger partial charge in [-0.05, 0) is 92.1 Å². The number of aliphatic hydroxyl groups is 3. The smallest absolute Gasteiger partial charge is 0.102 e. The van der Waals surface area contributed by atoms with Crippen LogP contribution in [0.1, 0.15) is 88.4 Å². The lowest BCUT2D eigenvalue weighted by atomic mass is 9.61. The molecule has 7 atom stereocenters. The van der Waals surface area contributed by atoms with E-state index in [2.05, 4.69) is 56.6 Å². The van der Waals surface area contributed by atoms with Crippen LogP contribution in [-0.2, 0) is 11.8 Å². The molecule has 0 spiro atoms. The third-order valence-electron chi connectivity index (χ3n) is 10.2. The summed E-state index contributed by atoms with van der Waals surface area (Å²) in [5.41, 5.74) is 3.39. The Hall–Kier alpha value is -1.53. The number of thiazole rings is 1. The normalized spacial score (nSPS) is 37.3. The second kappa shape index (κ2) is 10.6. The third-order valence-corrected chi connectivity index (χ3v) is 11.6. The molecule has 1 heterocycles. The van der Waals surface area contributed by atoms with Crippen LogP contribution in [0.4, 0.5) is 0 Å². The summed E-state index contributed by atoms with van der Waals surface area (Å²) in [6.07, 6.45) is 19.2. The van der Waals surface area contributed by atoms with Gasteiger partial charge < -0.3 is 15.3 Å². The van der Waals surface area contributed by atoms with E-state index in [-0.39, 0.29) is 10.8 Å². The van der Waals surface area contributed by atoms with E-state index in [1.807, 2.05) is 6.20 Å². The highest BCUT2D eigenvalue weighted by Gasteiger charge is 2.53. The Morgan fingerprint density at radius 3 is 2.68 bits per heavy atom. The van der Waals surface area contributed by atoms with Gasteiger partial charge in [-0.1, -0.05) is 57.2 Å². The van der Waals surface area contributed by atoms with Crippen LogP contribution in [0, 0.1) is 23.2 Å². The van der Waals surface area contributed by atoms with Crippen LogP contribution in [0.5, 0.6) is 0 Å². The molecule has 202 valence electrons. The molecule has 1 aromatic rings. The zero-order valence-electron chi connectivity index (χ0n) is 22.8. The zero-order chi connectivity index (χ0) is 26.4. The van der Waals surface area contributed by atoms with E-state index in [9.17, 15) is 15.3 Å². The van der Waals surface area contributed by atoms with Crippen LogP contribution in [0.25, 0.3) is 0 Å². The van der Waals surface area contributed by atoms with Crippen molar-refractivity contribution in [2.24, 2.45) is 23.2 Å². The molecule has 4 nitrogen and oxygen atoms in total. The largest absolute Gasteiger partial charge is 0.393 e. The van der Waals surface area contributed by atoms with E-state index in [1.54, 1.807) is 11.3 Å². The van der Waals surface area contributed by atoms with E-state index in [4.69, 9.17) is 0 Å². The fourth-order valence-electron chi connectivity index (χ4n) is 7.68. The molecule has 0 saturated heterocycles. The molecule has 4 saturated carbocycles. The fourth-order valence-corrected chi connectivity index (χ4v) is 8.81. The molecular formula is C32H45NO3S. The molecule has 3 N–H and O–H groups in total. The highest BCUT2D eigenvalue weighted by atomic mass is 32.1. The molecule has 5 heteroatoms. The number of nitrogens with zero attached hydrogens (tertiary/aromatic N) is 1. The average Bonchev–Trinajstić information content (AvgIpc) is 3.39. The minimum Gasteiger partial charge on any atom is -0.393 e. The van der Waals surface area contributed by atoms with Gasteiger partial charge in [-0.2, -0.15) is 0 Å². The molecule has 4 fully saturated rings. The highest BCUT2D eigenvalue weighted by molar-refractivity contribution is 7.11. The summed E-state index contributed by atoms with van der Waals surface area (Å²) < 4.78 is 0. The van der Waals surface area contributed by atoms with E-state index in [0.29, 0.717) is 30.6 Å². The van der Waals surface area contributed by atoms with Gasteiger partial charge in [0.1, 0.15) is 5.01 Å². The van der Waals surface area contributed by atoms with Gasteiger partial charge in [0.2, 0.25) is 0 Å². The first-order chi connectivity index (χ1) is 17.7. The monoisotopic (exact) mass is 523 g/mol. The third kappa shape index (κ3) is 5.09. The summed E-state index contributed by atoms with van der Waals surface area (Å²) in [5.74, 6) is 1.60. The minimum atomic E-state index is -0.636. The number of allylic oxidation sites excluding steroid dienone is 4. The maximum atomic E-state index is 11.2. The van der Waals surface area contributed by atoms with Crippen LogP contribution < -0.4 is 0 Å². The molecule has 1 aromatic heterocycles. The zero-order valence-corrected chi connectivity index (χ0v) is 23.6. The Kier molecular flexibility index (Phi) is 7.72. The fraction of sp³-hybridized carbons (Fsp3) is 0.656. The number of aryl methyl sites for hydroxylation is 1. The van der Waals surface area contributed by atoms with Crippen molar-refractivity contribution in [2.45, 2.75) is 109 Å². The number of aliphatic hydroxyl groups excluding tert-OH is 3. The van der Waals surface area contributed by atoms with Crippen molar-refractivity contribution >= 4 is 11.3 Å². The van der Waals surface area contributed by atoms with Crippen molar-refractivity contribution in [3.8, 4) is 0 Å². The molecule has 0 unspecified atom stereocenters. The molecule has 0 radical (unpaired) electrons. The van der Waals surface area contributed by atoms with Gasteiger partial charge in [-0.3, -0.25) is 0 Å². The molecule has 0 bridgehead atoms. The van der Waals surface area contributed by atoms with Crippen molar-refractivity contribution in [1.82, 2.24) is 4.98 Å². The average molecular weight is 524 g/mol. The summed E-state index contributed by atoms with van der Waals surface area (Å²) in [7, 11) is 0. The van der Waals surface area contributed by atoms with Gasteiger partial charge in [-0.15, -0.1) is 11.3 Å². The summed E-state index contributed by atoms with van der Waals surface area (Å²) in [6, 6.07) is 0. The van der Waals surface area contributed by atoms with Gasteiger partial charge in [0.25, 0.3) is 0 Å². The van der Waals surface area contributed by atoms with Crippen LogP contribution in [0.15, 0.2) is 53.8 Å². The van der Waals surface area contributed by atoms with Gasteiger partial charge in [0.05, 0.1) is 23.7 Å². The number of fused-ring (bicyclic) bond motifs is 1. The summed E-state index contributed by atoms with van der Waals surface area (Å²) in [4.78, 5) is 5.96. The number of rotatable bonds is 7. The standard InChI is InChI=1S/C32H45NO3S/c1-5-25-19-33-30(37-25)32(15-16-32)29(36)13-8-20(2)26-11-12-27-22(7-6-14-31(26,27)4)9-10-23-17-24(34)18-28(35)21(23)3/h8-10,13,19-20,24,26-29,34-36H,3,5-7,11-12,14-18H2,1-2,4H3/b13-8+,22-9+,23-10-/t20-,24+,26+,27-,28-,29+,31+/m0/s1. The highest BCUT2D eigenvalue weighted by Crippen LogP contribution is 2.60. The number of hydrogen-bond acceptors (Lipinski definition) is 5. The SMILES string of the molecule is C=C1/C(=C\C=C2/CCC[C@]3(C)[C@@H]([C@@H](C)/C=C/[C@@H](O)C4(c5ncc(CC)s5)CC4)CC[C@@H]23)C[C@@H](O)C[C@@H]1O. The van der Waals surface area contributed by atoms with Crippen molar-refractivity contribution < 1.29 is 15.3 Å². The van der Waals surface area contributed by atoms with Crippen molar-refractivity contribution in [1.29, 1.82) is 0 Å². The number of aromatic nitrogens is 1. The lowest BCUT2D eigenvalue weighted by molar-refractivity contribution is 0.0862. The lowest BCUT2D eigenvalue weighted by Gasteiger charge is -2.44. The Balaban J connectivity index is 1.28. The molecule has 0 amide bonds. The van der Waals surface area contributed by atoms with E-state index in [1.165, 1.54) is 36.1 Å². The Labute approximate surface area is 226 Å². The second-order valence-electron chi connectivity index (χ2n) is 12.5. The van der Waals surface area contributed by atoms with Crippen molar-refractivity contribution in [3.05, 3.63) is 63.7 Å². The molecule has 4 aliphatic rings. The maximum Gasteiger partial charge on any atom is 0.102 e. The Morgan fingerprint density at radius 2 is 1.97 bits per heavy atom. The Morgan fingerprint density at radius 1 is 1.19 bits per heavy atom. The maximum absolute atomic E-state index is 11.2. The molecule has 5 rings (SSSR count). The summed E-state index contributed by atoms with van der Waals surface area (Å²) in [6.45, 7) is 11.1. The molecule has 0 aromatic carbocycles.